The molecule has 1 aromatic rings. The Labute approximate surface area is 116 Å². The zero-order valence-electron chi connectivity index (χ0n) is 10.7. The van der Waals surface area contributed by atoms with E-state index in [1.807, 2.05) is 0 Å². The number of ketones is 1. The second-order valence-corrected chi connectivity index (χ2v) is 4.76. The van der Waals surface area contributed by atoms with Crippen LogP contribution in [0.4, 0.5) is 0 Å². The lowest BCUT2D eigenvalue weighted by atomic mass is 9.88. The average molecular weight is 276 g/mol. The van der Waals surface area contributed by atoms with Crippen LogP contribution in [0.15, 0.2) is 47.9 Å². The Hall–Kier alpha value is -2.27. The molecule has 5 heteroatoms. The molecule has 0 heterocycles. The molecule has 0 fully saturated rings. The number of phenolic OH excluding ortho intramolecular Hbond substituents is 1. The normalized spacial score (nSPS) is 22.1. The summed E-state index contributed by atoms with van der Waals surface area (Å²) in [5, 5.41) is 37.8. The third-order valence-electron chi connectivity index (χ3n) is 3.24. The molecule has 1 aromatic carbocycles. The lowest BCUT2D eigenvalue weighted by molar-refractivity contribution is -0.125. The smallest absolute Gasteiger partial charge is 0.146 e. The Morgan fingerprint density at radius 2 is 1.75 bits per heavy atom. The van der Waals surface area contributed by atoms with E-state index < -0.39 is 12.0 Å². The summed E-state index contributed by atoms with van der Waals surface area (Å²) in [6.45, 7) is 0. The first-order valence-corrected chi connectivity index (χ1v) is 6.27. The van der Waals surface area contributed by atoms with Gasteiger partial charge in [0.1, 0.15) is 29.0 Å². The predicted molar refractivity (Wildman–Crippen MR) is 72.4 cm³/mol. The Morgan fingerprint density at radius 3 is 2.35 bits per heavy atom. The number of Topliss-reactive ketones (excluding diaryl/α,β-unsaturated/α-hetero) is 1. The molecule has 0 bridgehead atoms. The topological polar surface area (TPSA) is 98.0 Å². The van der Waals surface area contributed by atoms with Gasteiger partial charge in [-0.15, -0.1) is 0 Å². The highest BCUT2D eigenvalue weighted by Gasteiger charge is 2.31. The highest BCUT2D eigenvalue weighted by molar-refractivity contribution is 5.84. The molecule has 0 aromatic heterocycles. The van der Waals surface area contributed by atoms with Gasteiger partial charge in [0.25, 0.3) is 0 Å². The average Bonchev–Trinajstić information content (AvgIpc) is 2.37. The molecule has 20 heavy (non-hydrogen) atoms. The van der Waals surface area contributed by atoms with E-state index in [4.69, 9.17) is 5.11 Å². The standard InChI is InChI=1S/C15H16O5/c16-10-4-1-9(2-5-10)3-6-12(18)15-13(19)7-11(17)8-14(15)20/h1-2,4-5,7-8,13,15-17,19-20H,3,6H2/t13-,15-/m1/s1. The summed E-state index contributed by atoms with van der Waals surface area (Å²) >= 11 is 0. The van der Waals surface area contributed by atoms with Crippen LogP contribution in [0.5, 0.6) is 5.75 Å². The van der Waals surface area contributed by atoms with Gasteiger partial charge in [0.2, 0.25) is 0 Å². The van der Waals surface area contributed by atoms with Crippen LogP contribution < -0.4 is 0 Å². The van der Waals surface area contributed by atoms with Crippen LogP contribution >= 0.6 is 0 Å². The zero-order valence-corrected chi connectivity index (χ0v) is 10.7. The highest BCUT2D eigenvalue weighted by Crippen LogP contribution is 2.24. The Kier molecular flexibility index (Phi) is 4.10. The summed E-state index contributed by atoms with van der Waals surface area (Å²) in [5.74, 6) is -1.75. The fourth-order valence-corrected chi connectivity index (χ4v) is 2.18. The first-order chi connectivity index (χ1) is 9.47. The van der Waals surface area contributed by atoms with Crippen LogP contribution in [0.1, 0.15) is 12.0 Å². The van der Waals surface area contributed by atoms with E-state index in [0.29, 0.717) is 6.42 Å². The fourth-order valence-electron chi connectivity index (χ4n) is 2.18. The number of aryl methyl sites for hydroxylation is 1. The van der Waals surface area contributed by atoms with E-state index >= 15 is 0 Å². The molecule has 0 amide bonds. The minimum absolute atomic E-state index is 0.152. The Bertz CT molecular complexity index is 556. The van der Waals surface area contributed by atoms with Gasteiger partial charge in [0.05, 0.1) is 6.10 Å². The molecule has 5 nitrogen and oxygen atoms in total. The Balaban J connectivity index is 1.99. The molecule has 2 atom stereocenters. The largest absolute Gasteiger partial charge is 0.511 e. The zero-order chi connectivity index (χ0) is 14.7. The predicted octanol–water partition coefficient (Wildman–Crippen LogP) is 1.77. The number of carbonyl (C=O) groups excluding carboxylic acids is 1. The van der Waals surface area contributed by atoms with E-state index in [9.17, 15) is 20.1 Å². The van der Waals surface area contributed by atoms with E-state index in [1.54, 1.807) is 12.1 Å². The molecule has 1 aliphatic rings. The lowest BCUT2D eigenvalue weighted by Gasteiger charge is -2.22. The molecule has 0 saturated heterocycles. The van der Waals surface area contributed by atoms with Crippen molar-refractivity contribution in [1.29, 1.82) is 0 Å². The molecule has 0 radical (unpaired) electrons. The van der Waals surface area contributed by atoms with E-state index in [2.05, 4.69) is 0 Å². The van der Waals surface area contributed by atoms with Gasteiger partial charge >= 0.3 is 0 Å². The molecule has 106 valence electrons. The van der Waals surface area contributed by atoms with Crippen molar-refractivity contribution in [2.45, 2.75) is 18.9 Å². The van der Waals surface area contributed by atoms with Gasteiger partial charge in [0, 0.05) is 12.5 Å². The summed E-state index contributed by atoms with van der Waals surface area (Å²) in [5.41, 5.74) is 0.878. The molecule has 0 aliphatic heterocycles. The van der Waals surface area contributed by atoms with E-state index in [-0.39, 0.29) is 29.5 Å². The summed E-state index contributed by atoms with van der Waals surface area (Å²) in [7, 11) is 0. The van der Waals surface area contributed by atoms with Crippen LogP contribution in [0, 0.1) is 5.92 Å². The van der Waals surface area contributed by atoms with Gasteiger partial charge in [-0.05, 0) is 30.2 Å². The quantitative estimate of drug-likeness (QED) is 0.672. The number of rotatable bonds is 4. The van der Waals surface area contributed by atoms with Crippen molar-refractivity contribution in [3.63, 3.8) is 0 Å². The summed E-state index contributed by atoms with van der Waals surface area (Å²) < 4.78 is 0. The molecule has 0 spiro atoms. The van der Waals surface area contributed by atoms with Gasteiger partial charge in [-0.2, -0.15) is 0 Å². The maximum absolute atomic E-state index is 12.0. The number of allylic oxidation sites excluding steroid dienone is 1. The van der Waals surface area contributed by atoms with Crippen molar-refractivity contribution in [3.05, 3.63) is 53.5 Å². The number of aromatic hydroxyl groups is 1. The van der Waals surface area contributed by atoms with E-state index in [0.717, 1.165) is 17.7 Å². The van der Waals surface area contributed by atoms with Crippen molar-refractivity contribution in [3.8, 4) is 5.75 Å². The summed E-state index contributed by atoms with van der Waals surface area (Å²) in [4.78, 5) is 12.0. The molecule has 0 saturated carbocycles. The van der Waals surface area contributed by atoms with Gasteiger partial charge in [-0.3, -0.25) is 4.79 Å². The van der Waals surface area contributed by atoms with Gasteiger partial charge in [-0.1, -0.05) is 12.1 Å². The number of carbonyl (C=O) groups is 1. The number of benzene rings is 1. The van der Waals surface area contributed by atoms with Crippen molar-refractivity contribution in [2.75, 3.05) is 0 Å². The molecule has 2 rings (SSSR count). The number of aliphatic hydroxyl groups excluding tert-OH is 3. The van der Waals surface area contributed by atoms with Crippen LogP contribution in [0.2, 0.25) is 0 Å². The summed E-state index contributed by atoms with van der Waals surface area (Å²) in [6, 6.07) is 6.49. The first-order valence-electron chi connectivity index (χ1n) is 6.27. The number of aliphatic hydroxyl groups is 3. The van der Waals surface area contributed by atoms with Gasteiger partial charge in [0.15, 0.2) is 0 Å². The maximum atomic E-state index is 12.0. The third-order valence-corrected chi connectivity index (χ3v) is 3.24. The van der Waals surface area contributed by atoms with Crippen LogP contribution in [-0.4, -0.2) is 32.3 Å². The molecular formula is C15H16O5. The van der Waals surface area contributed by atoms with Crippen LogP contribution in [0.25, 0.3) is 0 Å². The number of hydrogen-bond acceptors (Lipinski definition) is 5. The second-order valence-electron chi connectivity index (χ2n) is 4.76. The monoisotopic (exact) mass is 276 g/mol. The SMILES string of the molecule is O=C(CCc1ccc(O)cc1)[C@H]1C(O)=CC(O)=C[C@H]1O. The molecule has 1 aliphatic carbocycles. The lowest BCUT2D eigenvalue weighted by Crippen LogP contribution is -2.31. The maximum Gasteiger partial charge on any atom is 0.146 e. The summed E-state index contributed by atoms with van der Waals surface area (Å²) in [6.07, 6.45) is 1.58. The minimum Gasteiger partial charge on any atom is -0.511 e. The van der Waals surface area contributed by atoms with Crippen molar-refractivity contribution < 1.29 is 25.2 Å². The number of hydrogen-bond donors (Lipinski definition) is 4. The Morgan fingerprint density at radius 1 is 1.10 bits per heavy atom. The van der Waals surface area contributed by atoms with E-state index in [1.165, 1.54) is 12.1 Å². The van der Waals surface area contributed by atoms with Gasteiger partial charge in [-0.25, -0.2) is 0 Å². The first kappa shape index (κ1) is 14.1. The second kappa shape index (κ2) is 5.79. The highest BCUT2D eigenvalue weighted by atomic mass is 16.3. The number of phenols is 1. The molecular weight excluding hydrogens is 260 g/mol. The van der Waals surface area contributed by atoms with Crippen molar-refractivity contribution >= 4 is 5.78 Å². The molecule has 0 unspecified atom stereocenters. The van der Waals surface area contributed by atoms with Gasteiger partial charge < -0.3 is 20.4 Å². The van der Waals surface area contributed by atoms with Crippen molar-refractivity contribution in [2.24, 2.45) is 5.92 Å². The fraction of sp³-hybridized carbons (Fsp3) is 0.267. The van der Waals surface area contributed by atoms with Crippen LogP contribution in [0.3, 0.4) is 0 Å². The molecule has 4 N–H and O–H groups in total. The third kappa shape index (κ3) is 3.19. The van der Waals surface area contributed by atoms with Crippen LogP contribution in [-0.2, 0) is 11.2 Å². The minimum atomic E-state index is -1.22. The van der Waals surface area contributed by atoms with Crippen molar-refractivity contribution in [1.82, 2.24) is 0 Å².